The van der Waals surface area contributed by atoms with Crippen LogP contribution in [0.1, 0.15) is 24.5 Å². The fraction of sp³-hybridized carbons (Fsp3) is 0.211. The topological polar surface area (TPSA) is 79.8 Å². The first-order valence-electron chi connectivity index (χ1n) is 8.28. The predicted octanol–water partition coefficient (Wildman–Crippen LogP) is 3.03. The lowest BCUT2D eigenvalue weighted by molar-refractivity contribution is -0.139. The van der Waals surface area contributed by atoms with Crippen LogP contribution in [0.3, 0.4) is 0 Å². The van der Waals surface area contributed by atoms with Crippen LogP contribution in [0.15, 0.2) is 47.6 Å². The summed E-state index contributed by atoms with van der Waals surface area (Å²) in [5, 5.41) is 6.46. The Bertz CT molecular complexity index is 843. The van der Waals surface area contributed by atoms with Gasteiger partial charge in [0.05, 0.1) is 11.2 Å². The van der Waals surface area contributed by atoms with Gasteiger partial charge in [0.25, 0.3) is 0 Å². The second kappa shape index (κ2) is 10.3. The number of hydrogen-bond donors (Lipinski definition) is 2. The fourth-order valence-electron chi connectivity index (χ4n) is 2.02. The first-order chi connectivity index (χ1) is 13.0. The maximum absolute atomic E-state index is 13.6. The molecule has 0 bridgehead atoms. The number of amides is 2. The first-order valence-corrected chi connectivity index (χ1v) is 8.66. The molecule has 0 spiro atoms. The van der Waals surface area contributed by atoms with Crippen molar-refractivity contribution in [3.8, 4) is 5.75 Å². The summed E-state index contributed by atoms with van der Waals surface area (Å²) in [6, 6.07) is 11.2. The summed E-state index contributed by atoms with van der Waals surface area (Å²) in [6.45, 7) is 2.34. The second-order valence-corrected chi connectivity index (χ2v) is 5.93. The molecule has 2 aromatic carbocycles. The summed E-state index contributed by atoms with van der Waals surface area (Å²) >= 11 is 6.15. The number of halogens is 2. The number of rotatable bonds is 7. The smallest absolute Gasteiger partial charge is 0.329 e. The summed E-state index contributed by atoms with van der Waals surface area (Å²) < 4.78 is 19.1. The Morgan fingerprint density at radius 3 is 2.70 bits per heavy atom. The van der Waals surface area contributed by atoms with Gasteiger partial charge in [0.15, 0.2) is 0 Å². The predicted molar refractivity (Wildman–Crippen MR) is 101 cm³/mol. The van der Waals surface area contributed by atoms with Crippen LogP contribution in [-0.4, -0.2) is 24.6 Å². The van der Waals surface area contributed by atoms with Crippen molar-refractivity contribution < 1.29 is 18.7 Å². The van der Waals surface area contributed by atoms with E-state index < -0.39 is 11.8 Å². The molecule has 0 radical (unpaired) electrons. The Morgan fingerprint density at radius 1 is 1.22 bits per heavy atom. The SMILES string of the molecule is CCCNC(=O)C(=O)N/N=C\c1ccc(OCc2ccccc2F)c(Cl)c1. The number of benzene rings is 2. The Hall–Kier alpha value is -2.93. The zero-order valence-electron chi connectivity index (χ0n) is 14.7. The average molecular weight is 392 g/mol. The zero-order chi connectivity index (χ0) is 19.6. The van der Waals surface area contributed by atoms with Crippen LogP contribution in [0, 0.1) is 5.82 Å². The van der Waals surface area contributed by atoms with E-state index >= 15 is 0 Å². The van der Waals surface area contributed by atoms with Gasteiger partial charge in [-0.15, -0.1) is 0 Å². The van der Waals surface area contributed by atoms with Gasteiger partial charge in [0, 0.05) is 12.1 Å². The fourth-order valence-corrected chi connectivity index (χ4v) is 2.26. The van der Waals surface area contributed by atoms with E-state index in [2.05, 4.69) is 15.8 Å². The molecule has 0 saturated carbocycles. The van der Waals surface area contributed by atoms with Crippen molar-refractivity contribution in [2.45, 2.75) is 20.0 Å². The lowest BCUT2D eigenvalue weighted by Crippen LogP contribution is -2.38. The molecule has 0 aliphatic heterocycles. The number of nitrogens with zero attached hydrogens (tertiary/aromatic N) is 1. The van der Waals surface area contributed by atoms with E-state index in [4.69, 9.17) is 16.3 Å². The monoisotopic (exact) mass is 391 g/mol. The lowest BCUT2D eigenvalue weighted by atomic mass is 10.2. The molecule has 0 unspecified atom stereocenters. The number of hydrazone groups is 1. The average Bonchev–Trinajstić information content (AvgIpc) is 2.66. The van der Waals surface area contributed by atoms with E-state index in [1.807, 2.05) is 6.92 Å². The summed E-state index contributed by atoms with van der Waals surface area (Å²) in [7, 11) is 0. The molecule has 8 heteroatoms. The minimum absolute atomic E-state index is 0.0444. The van der Waals surface area contributed by atoms with Crippen molar-refractivity contribution in [2.24, 2.45) is 5.10 Å². The third kappa shape index (κ3) is 6.38. The van der Waals surface area contributed by atoms with Gasteiger partial charge >= 0.3 is 11.8 Å². The summed E-state index contributed by atoms with van der Waals surface area (Å²) in [4.78, 5) is 22.9. The van der Waals surface area contributed by atoms with E-state index in [1.54, 1.807) is 36.4 Å². The summed E-state index contributed by atoms with van der Waals surface area (Å²) in [5.41, 5.74) is 3.14. The maximum atomic E-state index is 13.6. The molecule has 0 fully saturated rings. The van der Waals surface area contributed by atoms with Gasteiger partial charge in [-0.3, -0.25) is 9.59 Å². The van der Waals surface area contributed by atoms with E-state index in [-0.39, 0.29) is 12.4 Å². The molecule has 142 valence electrons. The van der Waals surface area contributed by atoms with Gasteiger partial charge in [0.1, 0.15) is 18.2 Å². The standard InChI is InChI=1S/C19H19ClFN3O3/c1-2-9-22-18(25)19(26)24-23-11-13-7-8-17(15(20)10-13)27-12-14-5-3-4-6-16(14)21/h3-8,10-11H,2,9,12H2,1H3,(H,22,25)(H,24,26)/b23-11-. The summed E-state index contributed by atoms with van der Waals surface area (Å²) in [5.74, 6) is -1.56. The van der Waals surface area contributed by atoms with Crippen molar-refractivity contribution in [1.29, 1.82) is 0 Å². The van der Waals surface area contributed by atoms with Crippen LogP contribution in [0.2, 0.25) is 5.02 Å². The number of hydrogen-bond acceptors (Lipinski definition) is 4. The minimum Gasteiger partial charge on any atom is -0.487 e. The van der Waals surface area contributed by atoms with Crippen molar-refractivity contribution >= 4 is 29.6 Å². The molecule has 2 aromatic rings. The van der Waals surface area contributed by atoms with Crippen LogP contribution in [0.25, 0.3) is 0 Å². The number of carbonyl (C=O) groups excluding carboxylic acids is 2. The Labute approximate surface area is 161 Å². The highest BCUT2D eigenvalue weighted by molar-refractivity contribution is 6.35. The maximum Gasteiger partial charge on any atom is 0.329 e. The van der Waals surface area contributed by atoms with E-state index in [1.165, 1.54) is 12.3 Å². The molecule has 2 N–H and O–H groups in total. The van der Waals surface area contributed by atoms with Gasteiger partial charge in [-0.2, -0.15) is 5.10 Å². The van der Waals surface area contributed by atoms with Gasteiger partial charge in [0.2, 0.25) is 0 Å². The van der Waals surface area contributed by atoms with Crippen molar-refractivity contribution in [3.63, 3.8) is 0 Å². The van der Waals surface area contributed by atoms with Crippen LogP contribution < -0.4 is 15.5 Å². The van der Waals surface area contributed by atoms with Gasteiger partial charge in [-0.1, -0.05) is 36.7 Å². The first kappa shape index (κ1) is 20.4. The molecule has 27 heavy (non-hydrogen) atoms. The molecule has 0 aliphatic carbocycles. The van der Waals surface area contributed by atoms with Gasteiger partial charge in [-0.05, 0) is 36.2 Å². The molecule has 2 rings (SSSR count). The molecule has 2 amide bonds. The third-order valence-corrected chi connectivity index (χ3v) is 3.71. The number of ether oxygens (including phenoxy) is 1. The lowest BCUT2D eigenvalue weighted by Gasteiger charge is -2.09. The molecular weight excluding hydrogens is 373 g/mol. The number of nitrogens with one attached hydrogen (secondary N) is 2. The van der Waals surface area contributed by atoms with Crippen LogP contribution >= 0.6 is 11.6 Å². The molecule has 0 saturated heterocycles. The Kier molecular flexibility index (Phi) is 7.76. The van der Waals surface area contributed by atoms with E-state index in [9.17, 15) is 14.0 Å². The Morgan fingerprint density at radius 2 is 2.00 bits per heavy atom. The van der Waals surface area contributed by atoms with Gasteiger partial charge < -0.3 is 10.1 Å². The third-order valence-electron chi connectivity index (χ3n) is 3.42. The van der Waals surface area contributed by atoms with Gasteiger partial charge in [-0.25, -0.2) is 9.82 Å². The largest absolute Gasteiger partial charge is 0.487 e. The van der Waals surface area contributed by atoms with Crippen LogP contribution in [-0.2, 0) is 16.2 Å². The molecular formula is C19H19ClFN3O3. The van der Waals surface area contributed by atoms with Crippen molar-refractivity contribution in [1.82, 2.24) is 10.7 Å². The highest BCUT2D eigenvalue weighted by atomic mass is 35.5. The van der Waals surface area contributed by atoms with Crippen molar-refractivity contribution in [2.75, 3.05) is 6.54 Å². The normalized spacial score (nSPS) is 10.6. The molecule has 0 aliphatic rings. The van der Waals surface area contributed by atoms with Crippen molar-refractivity contribution in [3.05, 3.63) is 64.4 Å². The zero-order valence-corrected chi connectivity index (χ0v) is 15.4. The van der Waals surface area contributed by atoms with Crippen LogP contribution in [0.5, 0.6) is 5.75 Å². The highest BCUT2D eigenvalue weighted by Crippen LogP contribution is 2.26. The second-order valence-electron chi connectivity index (χ2n) is 5.52. The van der Waals surface area contributed by atoms with E-state index in [0.717, 1.165) is 6.42 Å². The molecule has 0 atom stereocenters. The Balaban J connectivity index is 1.91. The highest BCUT2D eigenvalue weighted by Gasteiger charge is 2.11. The van der Waals surface area contributed by atoms with E-state index in [0.29, 0.717) is 28.4 Å². The molecule has 0 heterocycles. The molecule has 0 aromatic heterocycles. The van der Waals surface area contributed by atoms with Crippen LogP contribution in [0.4, 0.5) is 4.39 Å². The quantitative estimate of drug-likeness (QED) is 0.432. The number of carbonyl (C=O) groups is 2. The minimum atomic E-state index is -0.851. The molecule has 6 nitrogen and oxygen atoms in total. The summed E-state index contributed by atoms with van der Waals surface area (Å²) in [6.07, 6.45) is 2.07.